The Morgan fingerprint density at radius 2 is 1.91 bits per heavy atom. The van der Waals surface area contributed by atoms with Crippen LogP contribution in [0.25, 0.3) is 0 Å². The summed E-state index contributed by atoms with van der Waals surface area (Å²) < 4.78 is 31.3. The van der Waals surface area contributed by atoms with Gasteiger partial charge in [0.05, 0.1) is 27.3 Å². The van der Waals surface area contributed by atoms with Crippen LogP contribution in [-0.2, 0) is 24.2 Å². The normalized spacial score (nSPS) is 22.3. The lowest BCUT2D eigenvalue weighted by Crippen LogP contribution is -2.54. The van der Waals surface area contributed by atoms with Crippen LogP contribution in [0.5, 0.6) is 0 Å². The predicted molar refractivity (Wildman–Crippen MR) is 138 cm³/mol. The standard InChI is InChI=1S/C24H29Cl2NO6S2/c1-14(10-11-35(31,32)24(2,3)4)27-21(18-8-9-19(26)34-18)22(15-6-5-7-16(25)12-15)33-17(23(27)30)13-20(28)29/h5-9,12,14,17,21-22H,10-11,13H2,1-4H3,(H,28,29)/t14-,17-,21+,22+/m0/s1. The molecule has 1 aliphatic heterocycles. The van der Waals surface area contributed by atoms with Crippen LogP contribution >= 0.6 is 34.5 Å². The number of hydrogen-bond donors (Lipinski definition) is 1. The molecule has 0 radical (unpaired) electrons. The summed E-state index contributed by atoms with van der Waals surface area (Å²) in [6, 6.07) is 9.35. The van der Waals surface area contributed by atoms with Gasteiger partial charge in [0, 0.05) is 15.9 Å². The number of benzene rings is 1. The number of sulfone groups is 1. The van der Waals surface area contributed by atoms with E-state index in [9.17, 15) is 23.1 Å². The maximum Gasteiger partial charge on any atom is 0.306 e. The Kier molecular flexibility index (Phi) is 8.59. The first kappa shape index (κ1) is 27.9. The smallest absolute Gasteiger partial charge is 0.306 e. The topological polar surface area (TPSA) is 101 Å². The van der Waals surface area contributed by atoms with Crippen LogP contribution in [-0.4, -0.2) is 52.9 Å². The highest BCUT2D eigenvalue weighted by molar-refractivity contribution is 7.92. The summed E-state index contributed by atoms with van der Waals surface area (Å²) in [7, 11) is -3.43. The first-order valence-electron chi connectivity index (χ1n) is 11.1. The van der Waals surface area contributed by atoms with Crippen molar-refractivity contribution in [2.75, 3.05) is 5.75 Å². The molecule has 0 spiro atoms. The Balaban J connectivity index is 2.07. The van der Waals surface area contributed by atoms with Crippen LogP contribution in [0.4, 0.5) is 0 Å². The third-order valence-electron chi connectivity index (χ3n) is 6.06. The van der Waals surface area contributed by atoms with Gasteiger partial charge >= 0.3 is 5.97 Å². The van der Waals surface area contributed by atoms with E-state index in [0.717, 1.165) is 4.88 Å². The van der Waals surface area contributed by atoms with E-state index < -0.39 is 57.2 Å². The molecule has 1 aromatic heterocycles. The molecule has 3 rings (SSSR count). The molecule has 4 atom stereocenters. The third-order valence-corrected chi connectivity index (χ3v) is 10.2. The van der Waals surface area contributed by atoms with E-state index in [1.807, 2.05) is 0 Å². The summed E-state index contributed by atoms with van der Waals surface area (Å²) in [5, 5.41) is 9.90. The molecule has 2 heterocycles. The summed E-state index contributed by atoms with van der Waals surface area (Å²) in [6.07, 6.45) is -2.29. The number of aliphatic carboxylic acids is 1. The Morgan fingerprint density at radius 3 is 2.46 bits per heavy atom. The van der Waals surface area contributed by atoms with Gasteiger partial charge in [-0.1, -0.05) is 35.3 Å². The summed E-state index contributed by atoms with van der Waals surface area (Å²) in [4.78, 5) is 27.5. The van der Waals surface area contributed by atoms with Crippen molar-refractivity contribution in [2.24, 2.45) is 0 Å². The van der Waals surface area contributed by atoms with Crippen LogP contribution < -0.4 is 0 Å². The van der Waals surface area contributed by atoms with Crippen molar-refractivity contribution in [3.63, 3.8) is 0 Å². The van der Waals surface area contributed by atoms with Crippen molar-refractivity contribution in [3.05, 3.63) is 56.2 Å². The van der Waals surface area contributed by atoms with Crippen molar-refractivity contribution in [1.82, 2.24) is 4.90 Å². The fourth-order valence-electron chi connectivity index (χ4n) is 4.03. The number of rotatable bonds is 8. The highest BCUT2D eigenvalue weighted by Gasteiger charge is 2.47. The highest BCUT2D eigenvalue weighted by atomic mass is 35.5. The Bertz CT molecular complexity index is 1190. The zero-order chi connectivity index (χ0) is 26.1. The highest BCUT2D eigenvalue weighted by Crippen LogP contribution is 2.46. The lowest BCUT2D eigenvalue weighted by molar-refractivity contribution is -0.182. The molecule has 2 aromatic rings. The Morgan fingerprint density at radius 1 is 1.23 bits per heavy atom. The monoisotopic (exact) mass is 561 g/mol. The van der Waals surface area contributed by atoms with Crippen molar-refractivity contribution >= 4 is 56.3 Å². The van der Waals surface area contributed by atoms with Crippen LogP contribution in [0, 0.1) is 0 Å². The van der Waals surface area contributed by atoms with E-state index in [1.54, 1.807) is 69.0 Å². The zero-order valence-electron chi connectivity index (χ0n) is 19.9. The number of amides is 1. The minimum Gasteiger partial charge on any atom is -0.481 e. The molecule has 7 nitrogen and oxygen atoms in total. The van der Waals surface area contributed by atoms with Gasteiger partial charge in [-0.3, -0.25) is 9.59 Å². The van der Waals surface area contributed by atoms with Crippen molar-refractivity contribution in [3.8, 4) is 0 Å². The van der Waals surface area contributed by atoms with Crippen molar-refractivity contribution in [2.45, 2.75) is 69.6 Å². The van der Waals surface area contributed by atoms with E-state index in [4.69, 9.17) is 27.9 Å². The number of thiophene rings is 1. The quantitative estimate of drug-likeness (QED) is 0.454. The molecule has 35 heavy (non-hydrogen) atoms. The van der Waals surface area contributed by atoms with Crippen LogP contribution in [0.3, 0.4) is 0 Å². The number of carbonyl (C=O) groups excluding carboxylic acids is 1. The van der Waals surface area contributed by atoms with E-state index in [0.29, 0.717) is 14.9 Å². The first-order valence-corrected chi connectivity index (χ1v) is 14.4. The number of carbonyl (C=O) groups is 2. The van der Waals surface area contributed by atoms with Gasteiger partial charge in [0.2, 0.25) is 0 Å². The van der Waals surface area contributed by atoms with Gasteiger partial charge in [0.1, 0.15) is 12.2 Å². The molecule has 1 saturated heterocycles. The third kappa shape index (κ3) is 6.38. The Hall–Kier alpha value is -1.65. The van der Waals surface area contributed by atoms with Gasteiger partial charge in [0.25, 0.3) is 5.91 Å². The van der Waals surface area contributed by atoms with Crippen LogP contribution in [0.15, 0.2) is 36.4 Å². The molecule has 1 fully saturated rings. The van der Waals surface area contributed by atoms with Gasteiger partial charge in [-0.05, 0) is 63.9 Å². The maximum absolute atomic E-state index is 13.6. The molecule has 0 aliphatic carbocycles. The predicted octanol–water partition coefficient (Wildman–Crippen LogP) is 5.53. The van der Waals surface area contributed by atoms with Crippen molar-refractivity contribution in [1.29, 1.82) is 0 Å². The number of carboxylic acid groups (broad SMARTS) is 1. The second-order valence-corrected chi connectivity index (χ2v) is 14.6. The van der Waals surface area contributed by atoms with Gasteiger partial charge in [-0.25, -0.2) is 8.42 Å². The molecular formula is C24H29Cl2NO6S2. The van der Waals surface area contributed by atoms with Gasteiger partial charge in [-0.15, -0.1) is 11.3 Å². The number of carboxylic acids is 1. The second kappa shape index (κ2) is 10.8. The number of nitrogens with zero attached hydrogens (tertiary/aromatic N) is 1. The molecule has 0 bridgehead atoms. The van der Waals surface area contributed by atoms with E-state index in [2.05, 4.69) is 0 Å². The molecule has 192 valence electrons. The molecule has 0 saturated carbocycles. The fourth-order valence-corrected chi connectivity index (χ4v) is 6.68. The summed E-state index contributed by atoms with van der Waals surface area (Å²) >= 11 is 13.8. The molecule has 1 amide bonds. The largest absolute Gasteiger partial charge is 0.481 e. The minimum atomic E-state index is -3.43. The van der Waals surface area contributed by atoms with Crippen molar-refractivity contribution < 1.29 is 27.9 Å². The lowest BCUT2D eigenvalue weighted by atomic mass is 9.93. The van der Waals surface area contributed by atoms with E-state index in [1.165, 1.54) is 11.3 Å². The number of hydrogen-bond acceptors (Lipinski definition) is 6. The molecule has 1 N–H and O–H groups in total. The molecule has 11 heteroatoms. The number of ether oxygens (including phenoxy) is 1. The Labute approximate surface area is 219 Å². The zero-order valence-corrected chi connectivity index (χ0v) is 23.0. The average Bonchev–Trinajstić information content (AvgIpc) is 3.18. The minimum absolute atomic E-state index is 0.119. The number of halogens is 2. The summed E-state index contributed by atoms with van der Waals surface area (Å²) in [5.41, 5.74) is 0.675. The van der Waals surface area contributed by atoms with Gasteiger partial charge < -0.3 is 14.7 Å². The average molecular weight is 563 g/mol. The second-order valence-electron chi connectivity index (χ2n) is 9.60. The molecule has 0 unspecified atom stereocenters. The molecule has 1 aromatic carbocycles. The van der Waals surface area contributed by atoms with Crippen LogP contribution in [0.1, 0.15) is 63.1 Å². The number of morpholine rings is 1. The summed E-state index contributed by atoms with van der Waals surface area (Å²) in [6.45, 7) is 6.70. The van der Waals surface area contributed by atoms with Crippen LogP contribution in [0.2, 0.25) is 9.36 Å². The molecule has 1 aliphatic rings. The van der Waals surface area contributed by atoms with Gasteiger partial charge in [-0.2, -0.15) is 0 Å². The fraction of sp³-hybridized carbons (Fsp3) is 0.500. The lowest BCUT2D eigenvalue weighted by Gasteiger charge is -2.47. The van der Waals surface area contributed by atoms with E-state index >= 15 is 0 Å². The molecular weight excluding hydrogens is 533 g/mol. The van der Waals surface area contributed by atoms with E-state index in [-0.39, 0.29) is 12.2 Å². The SMILES string of the molecule is C[C@@H](CCS(=O)(=O)C(C)(C)C)N1C(=O)[C@H](CC(=O)O)O[C@H](c2cccc(Cl)c2)[C@H]1c1ccc(Cl)s1. The van der Waals surface area contributed by atoms with Gasteiger partial charge in [0.15, 0.2) is 9.84 Å². The maximum atomic E-state index is 13.6. The summed E-state index contributed by atoms with van der Waals surface area (Å²) in [5.74, 6) is -1.79. The first-order chi connectivity index (χ1) is 16.2.